The fourth-order valence-corrected chi connectivity index (χ4v) is 4.57. The summed E-state index contributed by atoms with van der Waals surface area (Å²) in [6, 6.07) is 11.9. The Kier molecular flexibility index (Phi) is 5.82. The van der Waals surface area contributed by atoms with Crippen LogP contribution in [0.25, 0.3) is 27.0 Å². The number of benzene rings is 2. The number of hydrogen-bond acceptors (Lipinski definition) is 8. The van der Waals surface area contributed by atoms with Crippen LogP contribution in [-0.4, -0.2) is 44.9 Å². The van der Waals surface area contributed by atoms with Crippen molar-refractivity contribution in [2.45, 2.75) is 17.4 Å². The van der Waals surface area contributed by atoms with E-state index in [0.29, 0.717) is 10.6 Å². The van der Waals surface area contributed by atoms with Gasteiger partial charge in [-0.05, 0) is 30.3 Å². The van der Waals surface area contributed by atoms with Crippen molar-refractivity contribution in [3.63, 3.8) is 0 Å². The van der Waals surface area contributed by atoms with Crippen molar-refractivity contribution in [1.29, 1.82) is 0 Å². The van der Waals surface area contributed by atoms with Crippen molar-refractivity contribution in [3.8, 4) is 27.0 Å². The molecule has 0 aliphatic carbocycles. The Labute approximate surface area is 189 Å². The molecule has 0 fully saturated rings. The summed E-state index contributed by atoms with van der Waals surface area (Å²) in [5.41, 5.74) is -1.08. The molecule has 0 radical (unpaired) electrons. The quantitative estimate of drug-likeness (QED) is 0.406. The van der Waals surface area contributed by atoms with Gasteiger partial charge in [-0.15, -0.1) is 10.2 Å². The Morgan fingerprint density at radius 3 is 2.36 bits per heavy atom. The molecule has 33 heavy (non-hydrogen) atoms. The molecule has 0 spiro atoms. The smallest absolute Gasteiger partial charge is 0.363 e. The highest BCUT2D eigenvalue weighted by molar-refractivity contribution is 7.90. The Bertz CT molecular complexity index is 1430. The van der Waals surface area contributed by atoms with E-state index in [2.05, 4.69) is 15.3 Å². The van der Waals surface area contributed by atoms with Crippen LogP contribution >= 0.6 is 11.3 Å². The second-order valence-electron chi connectivity index (χ2n) is 6.97. The van der Waals surface area contributed by atoms with E-state index >= 15 is 0 Å². The molecular formula is C20H15F3N4O4S2. The van der Waals surface area contributed by atoms with Gasteiger partial charge in [-0.1, -0.05) is 35.6 Å². The second-order valence-corrected chi connectivity index (χ2v) is 9.96. The van der Waals surface area contributed by atoms with Crippen LogP contribution in [0.4, 0.5) is 13.2 Å². The molecule has 2 aromatic carbocycles. The molecule has 0 unspecified atom stereocenters. The van der Waals surface area contributed by atoms with Crippen LogP contribution in [0.2, 0.25) is 0 Å². The first-order valence-electron chi connectivity index (χ1n) is 9.22. The molecule has 2 N–H and O–H groups in total. The number of para-hydroxylation sites is 1. The molecule has 13 heteroatoms. The monoisotopic (exact) mass is 496 g/mol. The molecule has 0 aliphatic rings. The number of halogens is 3. The number of rotatable bonds is 5. The number of hydrogen-bond donors (Lipinski definition) is 2. The van der Waals surface area contributed by atoms with Crippen LogP contribution in [-0.2, 0) is 16.0 Å². The average molecular weight is 496 g/mol. The lowest BCUT2D eigenvalue weighted by atomic mass is 10.1. The number of alkyl halides is 3. The van der Waals surface area contributed by atoms with Crippen LogP contribution in [0.5, 0.6) is 0 Å². The normalized spacial score (nSPS) is 12.5. The van der Waals surface area contributed by atoms with Crippen molar-refractivity contribution in [2.75, 3.05) is 6.26 Å². The van der Waals surface area contributed by atoms with Crippen molar-refractivity contribution in [1.82, 2.24) is 20.0 Å². The highest BCUT2D eigenvalue weighted by Gasteiger charge is 2.35. The predicted molar refractivity (Wildman–Crippen MR) is 113 cm³/mol. The number of aliphatic hydroxyl groups excluding tert-OH is 1. The predicted octanol–water partition coefficient (Wildman–Crippen LogP) is 3.46. The minimum Gasteiger partial charge on any atom is -0.363 e. The van der Waals surface area contributed by atoms with Gasteiger partial charge in [-0.2, -0.15) is 18.3 Å². The first-order chi connectivity index (χ1) is 15.4. The first-order valence-corrected chi connectivity index (χ1v) is 11.9. The van der Waals surface area contributed by atoms with E-state index < -0.39 is 27.9 Å². The zero-order chi connectivity index (χ0) is 24.0. The summed E-state index contributed by atoms with van der Waals surface area (Å²) in [7, 11) is -3.47. The average Bonchev–Trinajstić information content (AvgIpc) is 3.40. The van der Waals surface area contributed by atoms with Gasteiger partial charge in [0.25, 0.3) is 0 Å². The lowest BCUT2D eigenvalue weighted by molar-refractivity contribution is -0.137. The maximum absolute atomic E-state index is 13.6. The molecule has 8 nitrogen and oxygen atoms in total. The summed E-state index contributed by atoms with van der Waals surface area (Å²) >= 11 is 0.983. The molecule has 0 saturated heterocycles. The van der Waals surface area contributed by atoms with Crippen LogP contribution < -0.4 is 0 Å². The summed E-state index contributed by atoms with van der Waals surface area (Å²) in [5.74, 6) is 0. The van der Waals surface area contributed by atoms with Gasteiger partial charge < -0.3 is 10.2 Å². The molecular weight excluding hydrogens is 481 g/mol. The lowest BCUT2D eigenvalue weighted by Gasteiger charge is -2.14. The summed E-state index contributed by atoms with van der Waals surface area (Å²) in [6.45, 7) is 0. The minimum atomic E-state index is -4.68. The van der Waals surface area contributed by atoms with Gasteiger partial charge in [0.1, 0.15) is 16.4 Å². The van der Waals surface area contributed by atoms with Crippen LogP contribution in [0.3, 0.4) is 0 Å². The van der Waals surface area contributed by atoms with E-state index in [1.807, 2.05) is 0 Å². The maximum atomic E-state index is 13.6. The number of sulfone groups is 1. The molecule has 0 aliphatic heterocycles. The van der Waals surface area contributed by atoms with E-state index in [-0.39, 0.29) is 27.0 Å². The lowest BCUT2D eigenvalue weighted by Crippen LogP contribution is -2.12. The Morgan fingerprint density at radius 1 is 1.00 bits per heavy atom. The largest absolute Gasteiger partial charge is 0.418 e. The number of aromatic nitrogens is 4. The third-order valence-corrected chi connectivity index (χ3v) is 6.69. The number of nitrogens with zero attached hydrogens (tertiary/aromatic N) is 4. The fourth-order valence-electron chi connectivity index (χ4n) is 3.06. The maximum Gasteiger partial charge on any atom is 0.418 e. The first kappa shape index (κ1) is 23.0. The molecule has 2 aromatic heterocycles. The zero-order valence-corrected chi connectivity index (χ0v) is 18.4. The molecule has 0 amide bonds. The van der Waals surface area contributed by atoms with Gasteiger partial charge >= 0.3 is 6.18 Å². The Balaban J connectivity index is 1.85. The molecule has 2 heterocycles. The van der Waals surface area contributed by atoms with Crippen molar-refractivity contribution >= 4 is 21.2 Å². The summed E-state index contributed by atoms with van der Waals surface area (Å²) in [5, 5.41) is 31.5. The topological polar surface area (TPSA) is 118 Å². The van der Waals surface area contributed by atoms with E-state index in [9.17, 15) is 31.8 Å². The summed E-state index contributed by atoms with van der Waals surface area (Å²) in [6.07, 6.45) is -5.64. The summed E-state index contributed by atoms with van der Waals surface area (Å²) < 4.78 is 65.3. The Hall–Kier alpha value is -3.13. The van der Waals surface area contributed by atoms with Crippen LogP contribution in [0.1, 0.15) is 17.5 Å². The standard InChI is InChI=1S/C20H15F3N4O4S2/c1-33(30,31)12-6-4-5-11(9-12)17-24-25-18(32-17)16-10-14(19(28)29)26-27(16)15-8-3-2-7-13(15)20(21,22)23/h2-10,19,28-29H,1H3. The Morgan fingerprint density at radius 2 is 1.70 bits per heavy atom. The van der Waals surface area contributed by atoms with Crippen molar-refractivity contribution in [2.24, 2.45) is 0 Å². The molecule has 4 aromatic rings. The highest BCUT2D eigenvalue weighted by Crippen LogP contribution is 2.37. The molecule has 0 atom stereocenters. The van der Waals surface area contributed by atoms with Gasteiger partial charge in [0.15, 0.2) is 21.1 Å². The van der Waals surface area contributed by atoms with E-state index in [1.165, 1.54) is 42.5 Å². The van der Waals surface area contributed by atoms with E-state index in [1.54, 1.807) is 6.07 Å². The van der Waals surface area contributed by atoms with Crippen LogP contribution in [0, 0.1) is 0 Å². The molecule has 0 bridgehead atoms. The van der Waals surface area contributed by atoms with Gasteiger partial charge in [0.05, 0.1) is 16.1 Å². The van der Waals surface area contributed by atoms with E-state index in [4.69, 9.17) is 0 Å². The zero-order valence-electron chi connectivity index (χ0n) is 16.7. The van der Waals surface area contributed by atoms with Crippen molar-refractivity contribution < 1.29 is 31.8 Å². The third kappa shape index (κ3) is 4.66. The van der Waals surface area contributed by atoms with Gasteiger partial charge in [-0.25, -0.2) is 13.1 Å². The minimum absolute atomic E-state index is 0.0535. The van der Waals surface area contributed by atoms with Gasteiger partial charge in [0, 0.05) is 11.8 Å². The molecule has 0 saturated carbocycles. The number of aliphatic hydroxyl groups is 2. The fraction of sp³-hybridized carbons (Fsp3) is 0.150. The molecule has 172 valence electrons. The SMILES string of the molecule is CS(=O)(=O)c1cccc(-c2nnc(-c3cc(C(O)O)nn3-c3ccccc3C(F)(F)F)s2)c1. The molecule has 4 rings (SSSR count). The highest BCUT2D eigenvalue weighted by atomic mass is 32.2. The van der Waals surface area contributed by atoms with E-state index in [0.717, 1.165) is 28.3 Å². The van der Waals surface area contributed by atoms with Gasteiger partial charge in [0.2, 0.25) is 0 Å². The summed E-state index contributed by atoms with van der Waals surface area (Å²) in [4.78, 5) is 0.0755. The van der Waals surface area contributed by atoms with Crippen LogP contribution in [0.15, 0.2) is 59.5 Å². The van der Waals surface area contributed by atoms with Crippen molar-refractivity contribution in [3.05, 3.63) is 65.9 Å². The third-order valence-electron chi connectivity index (χ3n) is 4.58. The van der Waals surface area contributed by atoms with Gasteiger partial charge in [-0.3, -0.25) is 0 Å². The second kappa shape index (κ2) is 8.33.